The number of nitrogens with one attached hydrogen (secondary N) is 1. The molecule has 1 aliphatic heterocycles. The van der Waals surface area contributed by atoms with Gasteiger partial charge in [0.25, 0.3) is 0 Å². The van der Waals surface area contributed by atoms with Crippen LogP contribution in [0.25, 0.3) is 0 Å². The van der Waals surface area contributed by atoms with Crippen LogP contribution in [0.15, 0.2) is 36.5 Å². The summed E-state index contributed by atoms with van der Waals surface area (Å²) in [7, 11) is 1.99. The van der Waals surface area contributed by atoms with Gasteiger partial charge in [-0.25, -0.2) is 0 Å². The fraction of sp³-hybridized carbons (Fsp3) is 0.615. The first-order chi connectivity index (χ1) is 15.0. The number of hydrogen-bond donors (Lipinski definition) is 1. The third-order valence-electron chi connectivity index (χ3n) is 8.41. The molecule has 5 heteroatoms. The van der Waals surface area contributed by atoms with E-state index in [-0.39, 0.29) is 16.7 Å². The number of amides is 1. The average Bonchev–Trinajstić information content (AvgIpc) is 3.10. The molecule has 31 heavy (non-hydrogen) atoms. The maximum atomic E-state index is 13.1. The van der Waals surface area contributed by atoms with E-state index in [0.29, 0.717) is 5.91 Å². The van der Waals surface area contributed by atoms with E-state index < -0.39 is 0 Å². The molecule has 166 valence electrons. The minimum atomic E-state index is 0.143. The summed E-state index contributed by atoms with van der Waals surface area (Å²) in [6, 6.07) is 10.8. The third-order valence-corrected chi connectivity index (χ3v) is 8.41. The van der Waals surface area contributed by atoms with Crippen molar-refractivity contribution >= 4 is 5.91 Å². The summed E-state index contributed by atoms with van der Waals surface area (Å²) in [4.78, 5) is 15.6. The maximum Gasteiger partial charge on any atom is 0.223 e. The lowest BCUT2D eigenvalue weighted by molar-refractivity contribution is -0.123. The topological polar surface area (TPSA) is 50.2 Å². The Balaban J connectivity index is 1.14. The van der Waals surface area contributed by atoms with Crippen molar-refractivity contribution in [3.63, 3.8) is 0 Å². The summed E-state index contributed by atoms with van der Waals surface area (Å²) in [6.45, 7) is 6.05. The molecule has 2 aromatic rings. The van der Waals surface area contributed by atoms with Gasteiger partial charge in [-0.15, -0.1) is 0 Å². The number of carbonyl (C=O) groups excluding carboxylic acids is 1. The molecule has 5 rings (SSSR count). The lowest BCUT2D eigenvalue weighted by atomic mass is 9.78. The van der Waals surface area contributed by atoms with Crippen LogP contribution >= 0.6 is 0 Å². The zero-order valence-electron chi connectivity index (χ0n) is 19.1. The molecule has 3 aliphatic rings. The molecule has 5 nitrogen and oxygen atoms in total. The maximum absolute atomic E-state index is 13.1. The van der Waals surface area contributed by atoms with Gasteiger partial charge in [0.05, 0.1) is 5.69 Å². The van der Waals surface area contributed by atoms with Crippen LogP contribution in [-0.2, 0) is 23.8 Å². The highest BCUT2D eigenvalue weighted by Crippen LogP contribution is 2.59. The van der Waals surface area contributed by atoms with Crippen LogP contribution in [0.2, 0.25) is 0 Å². The van der Waals surface area contributed by atoms with Gasteiger partial charge < -0.3 is 5.32 Å². The number of benzene rings is 1. The lowest BCUT2D eigenvalue weighted by Gasteiger charge is -2.33. The molecule has 0 bridgehead atoms. The van der Waals surface area contributed by atoms with Crippen molar-refractivity contribution in [2.75, 3.05) is 19.6 Å². The largest absolute Gasteiger partial charge is 0.355 e. The van der Waals surface area contributed by atoms with Crippen molar-refractivity contribution in [3.05, 3.63) is 53.3 Å². The molecular weight excluding hydrogens is 384 g/mol. The van der Waals surface area contributed by atoms with Crippen LogP contribution < -0.4 is 5.32 Å². The van der Waals surface area contributed by atoms with E-state index in [1.165, 1.54) is 36.8 Å². The number of aryl methyl sites for hydroxylation is 2. The van der Waals surface area contributed by atoms with Gasteiger partial charge in [-0.1, -0.05) is 43.2 Å². The summed E-state index contributed by atoms with van der Waals surface area (Å²) in [6.07, 6.45) is 10.4. The van der Waals surface area contributed by atoms with Gasteiger partial charge in [-0.2, -0.15) is 5.10 Å². The second kappa shape index (κ2) is 8.09. The molecule has 2 heterocycles. The van der Waals surface area contributed by atoms with E-state index in [4.69, 9.17) is 0 Å². The number of nitrogens with zero attached hydrogens (tertiary/aromatic N) is 3. The normalized spacial score (nSPS) is 24.4. The molecular formula is C26H36N4O. The molecule has 0 radical (unpaired) electrons. The molecule has 1 aromatic carbocycles. The third kappa shape index (κ3) is 4.05. The Morgan fingerprint density at radius 1 is 1.13 bits per heavy atom. The van der Waals surface area contributed by atoms with Gasteiger partial charge >= 0.3 is 0 Å². The Morgan fingerprint density at radius 2 is 1.84 bits per heavy atom. The lowest BCUT2D eigenvalue weighted by Crippen LogP contribution is -2.41. The second-order valence-corrected chi connectivity index (χ2v) is 10.4. The first-order valence-electron chi connectivity index (χ1n) is 12.0. The molecule has 3 fully saturated rings. The Kier molecular flexibility index (Phi) is 5.41. The summed E-state index contributed by atoms with van der Waals surface area (Å²) in [5.74, 6) is 0.530. The van der Waals surface area contributed by atoms with Crippen molar-refractivity contribution < 1.29 is 4.79 Å². The van der Waals surface area contributed by atoms with Crippen molar-refractivity contribution in [2.24, 2.45) is 18.4 Å². The zero-order chi connectivity index (χ0) is 21.5. The SMILES string of the molecule is Cc1nn(C)cc1CN1CCC2(CC1)C[C@H]2C(=O)NCC1(c2ccccc2)CCCC1. The summed E-state index contributed by atoms with van der Waals surface area (Å²) in [5, 5.41) is 7.87. The first kappa shape index (κ1) is 20.7. The van der Waals surface area contributed by atoms with E-state index in [0.717, 1.165) is 51.1 Å². The highest BCUT2D eigenvalue weighted by atomic mass is 16.2. The van der Waals surface area contributed by atoms with E-state index in [1.54, 1.807) is 0 Å². The standard InChI is InChI=1S/C26H36N4O/c1-20-21(17-29(2)28-20)18-30-14-12-25(13-15-30)16-23(25)24(31)27-19-26(10-6-7-11-26)22-8-4-3-5-9-22/h3-5,8-9,17,23H,6-7,10-16,18-19H2,1-2H3,(H,27,31)/t23-/m0/s1. The van der Waals surface area contributed by atoms with Crippen LogP contribution in [0.5, 0.6) is 0 Å². The van der Waals surface area contributed by atoms with Crippen LogP contribution in [0.3, 0.4) is 0 Å². The number of rotatable bonds is 6. The van der Waals surface area contributed by atoms with Crippen molar-refractivity contribution in [1.29, 1.82) is 0 Å². The summed E-state index contributed by atoms with van der Waals surface area (Å²) >= 11 is 0. The predicted octanol–water partition coefficient (Wildman–Crippen LogP) is 3.96. The second-order valence-electron chi connectivity index (χ2n) is 10.4. The van der Waals surface area contributed by atoms with Crippen LogP contribution in [0.1, 0.15) is 61.8 Å². The Hall–Kier alpha value is -2.14. The molecule has 1 saturated heterocycles. The van der Waals surface area contributed by atoms with Crippen molar-refractivity contribution in [3.8, 4) is 0 Å². The number of hydrogen-bond acceptors (Lipinski definition) is 3. The van der Waals surface area contributed by atoms with Crippen molar-refractivity contribution in [1.82, 2.24) is 20.0 Å². The van der Waals surface area contributed by atoms with Crippen LogP contribution in [0, 0.1) is 18.3 Å². The number of carbonyl (C=O) groups is 1. The van der Waals surface area contributed by atoms with E-state index >= 15 is 0 Å². The minimum absolute atomic E-state index is 0.143. The van der Waals surface area contributed by atoms with Gasteiger partial charge in [-0.05, 0) is 63.1 Å². The zero-order valence-corrected chi connectivity index (χ0v) is 19.1. The predicted molar refractivity (Wildman–Crippen MR) is 123 cm³/mol. The first-order valence-corrected chi connectivity index (χ1v) is 12.0. The van der Waals surface area contributed by atoms with Crippen LogP contribution in [-0.4, -0.2) is 40.2 Å². The molecule has 1 spiro atoms. The summed E-state index contributed by atoms with van der Waals surface area (Å²) in [5.41, 5.74) is 4.26. The average molecular weight is 421 g/mol. The van der Waals surface area contributed by atoms with E-state index in [1.807, 2.05) is 11.7 Å². The number of likely N-dealkylation sites (tertiary alicyclic amines) is 1. The Bertz CT molecular complexity index is 920. The fourth-order valence-electron chi connectivity index (χ4n) is 6.26. The van der Waals surface area contributed by atoms with Gasteiger partial charge in [0, 0.05) is 43.2 Å². The van der Waals surface area contributed by atoms with Gasteiger partial charge in [0.15, 0.2) is 0 Å². The van der Waals surface area contributed by atoms with Gasteiger partial charge in [0.2, 0.25) is 5.91 Å². The molecule has 0 unspecified atom stereocenters. The quantitative estimate of drug-likeness (QED) is 0.770. The van der Waals surface area contributed by atoms with Crippen molar-refractivity contribution in [2.45, 2.75) is 63.8 Å². The molecule has 1 atom stereocenters. The molecule has 2 saturated carbocycles. The van der Waals surface area contributed by atoms with E-state index in [2.05, 4.69) is 58.8 Å². The van der Waals surface area contributed by atoms with Gasteiger partial charge in [0.1, 0.15) is 0 Å². The molecule has 1 amide bonds. The minimum Gasteiger partial charge on any atom is -0.355 e. The fourth-order valence-corrected chi connectivity index (χ4v) is 6.26. The molecule has 1 N–H and O–H groups in total. The highest BCUT2D eigenvalue weighted by Gasteiger charge is 2.58. The monoisotopic (exact) mass is 420 g/mol. The van der Waals surface area contributed by atoms with Crippen LogP contribution in [0.4, 0.5) is 0 Å². The number of piperidine rings is 1. The molecule has 2 aliphatic carbocycles. The Labute approximate surface area is 186 Å². The molecule has 1 aromatic heterocycles. The smallest absolute Gasteiger partial charge is 0.223 e. The van der Waals surface area contributed by atoms with E-state index in [9.17, 15) is 4.79 Å². The van der Waals surface area contributed by atoms with Gasteiger partial charge in [-0.3, -0.25) is 14.4 Å². The Morgan fingerprint density at radius 3 is 2.48 bits per heavy atom. The summed E-state index contributed by atoms with van der Waals surface area (Å²) < 4.78 is 1.91. The highest BCUT2D eigenvalue weighted by molar-refractivity contribution is 5.82. The number of aromatic nitrogens is 2.